The maximum Gasteiger partial charge on any atom is 0.233 e. The fourth-order valence-corrected chi connectivity index (χ4v) is 3.08. The minimum absolute atomic E-state index is 0. The van der Waals surface area contributed by atoms with Crippen molar-refractivity contribution in [1.82, 2.24) is 10.6 Å². The first-order valence-electron chi connectivity index (χ1n) is 7.88. The monoisotopic (exact) mass is 308 g/mol. The van der Waals surface area contributed by atoms with E-state index < -0.39 is 0 Å². The van der Waals surface area contributed by atoms with Gasteiger partial charge in [-0.2, -0.15) is 0 Å². The third-order valence-corrected chi connectivity index (χ3v) is 4.45. The second kappa shape index (κ2) is 7.81. The van der Waals surface area contributed by atoms with Gasteiger partial charge in [0.2, 0.25) is 5.91 Å². The maximum atomic E-state index is 11.8. The molecule has 1 fully saturated rings. The Morgan fingerprint density at radius 1 is 1.14 bits per heavy atom. The van der Waals surface area contributed by atoms with Crippen LogP contribution < -0.4 is 10.6 Å². The SMILES string of the molecule is Cl.O=C(CNCC1CC1)NCC1CCCc2ccccc21. The molecule has 4 heteroatoms. The topological polar surface area (TPSA) is 41.1 Å². The Morgan fingerprint density at radius 2 is 1.95 bits per heavy atom. The Bertz CT molecular complexity index is 474. The van der Waals surface area contributed by atoms with Crippen molar-refractivity contribution in [2.24, 2.45) is 5.92 Å². The molecule has 21 heavy (non-hydrogen) atoms. The molecule has 0 aliphatic heterocycles. The lowest BCUT2D eigenvalue weighted by atomic mass is 9.83. The molecule has 0 aromatic heterocycles. The van der Waals surface area contributed by atoms with Crippen LogP contribution >= 0.6 is 12.4 Å². The highest BCUT2D eigenvalue weighted by molar-refractivity contribution is 5.85. The Kier molecular flexibility index (Phi) is 6.07. The number of carbonyl (C=O) groups is 1. The van der Waals surface area contributed by atoms with E-state index in [1.54, 1.807) is 0 Å². The molecular formula is C17H25ClN2O. The maximum absolute atomic E-state index is 11.8. The highest BCUT2D eigenvalue weighted by Gasteiger charge is 2.21. The van der Waals surface area contributed by atoms with Crippen LogP contribution in [0, 0.1) is 5.92 Å². The minimum Gasteiger partial charge on any atom is -0.354 e. The zero-order chi connectivity index (χ0) is 13.8. The summed E-state index contributed by atoms with van der Waals surface area (Å²) in [4.78, 5) is 11.8. The van der Waals surface area contributed by atoms with Crippen LogP contribution in [0.1, 0.15) is 42.7 Å². The van der Waals surface area contributed by atoms with Crippen molar-refractivity contribution < 1.29 is 4.79 Å². The molecule has 1 aromatic rings. The number of aryl methyl sites for hydroxylation is 1. The van der Waals surface area contributed by atoms with E-state index in [2.05, 4.69) is 34.9 Å². The third-order valence-electron chi connectivity index (χ3n) is 4.45. The number of carbonyl (C=O) groups excluding carboxylic acids is 1. The number of amides is 1. The molecule has 2 aliphatic rings. The van der Waals surface area contributed by atoms with Crippen molar-refractivity contribution in [2.75, 3.05) is 19.6 Å². The highest BCUT2D eigenvalue weighted by atomic mass is 35.5. The van der Waals surface area contributed by atoms with Crippen LogP contribution in [0.2, 0.25) is 0 Å². The van der Waals surface area contributed by atoms with E-state index in [0.29, 0.717) is 12.5 Å². The number of benzene rings is 1. The predicted octanol–water partition coefficient (Wildman–Crippen LogP) is 2.64. The number of hydrogen-bond donors (Lipinski definition) is 2. The van der Waals surface area contributed by atoms with Crippen molar-refractivity contribution in [3.05, 3.63) is 35.4 Å². The van der Waals surface area contributed by atoms with Gasteiger partial charge in [0.1, 0.15) is 0 Å². The second-order valence-electron chi connectivity index (χ2n) is 6.17. The van der Waals surface area contributed by atoms with Crippen LogP contribution in [0.5, 0.6) is 0 Å². The summed E-state index contributed by atoms with van der Waals surface area (Å²) in [6.45, 7) is 2.24. The fourth-order valence-electron chi connectivity index (χ4n) is 3.08. The molecule has 1 saturated carbocycles. The molecule has 1 atom stereocenters. The number of hydrogen-bond acceptors (Lipinski definition) is 2. The van der Waals surface area contributed by atoms with E-state index in [9.17, 15) is 4.79 Å². The van der Waals surface area contributed by atoms with Gasteiger partial charge in [0.25, 0.3) is 0 Å². The van der Waals surface area contributed by atoms with Gasteiger partial charge in [0.15, 0.2) is 0 Å². The molecule has 1 amide bonds. The van der Waals surface area contributed by atoms with Crippen molar-refractivity contribution in [1.29, 1.82) is 0 Å². The molecule has 1 aromatic carbocycles. The molecule has 0 saturated heterocycles. The lowest BCUT2D eigenvalue weighted by Crippen LogP contribution is -2.37. The van der Waals surface area contributed by atoms with Crippen LogP contribution in [0.25, 0.3) is 0 Å². The van der Waals surface area contributed by atoms with Crippen LogP contribution in [0.15, 0.2) is 24.3 Å². The predicted molar refractivity (Wildman–Crippen MR) is 88.0 cm³/mol. The van der Waals surface area contributed by atoms with Crippen molar-refractivity contribution in [2.45, 2.75) is 38.0 Å². The molecule has 0 bridgehead atoms. The number of rotatable bonds is 6. The number of nitrogens with one attached hydrogen (secondary N) is 2. The van der Waals surface area contributed by atoms with Crippen LogP contribution in [0.3, 0.4) is 0 Å². The Labute approximate surface area is 133 Å². The number of halogens is 1. The van der Waals surface area contributed by atoms with Gasteiger partial charge in [0, 0.05) is 12.5 Å². The summed E-state index contributed by atoms with van der Waals surface area (Å²) in [7, 11) is 0. The fraction of sp³-hybridized carbons (Fsp3) is 0.588. The molecule has 116 valence electrons. The summed E-state index contributed by atoms with van der Waals surface area (Å²) in [5.74, 6) is 1.45. The first-order chi connectivity index (χ1) is 9.83. The molecule has 1 unspecified atom stereocenters. The normalized spacial score (nSPS) is 20.3. The van der Waals surface area contributed by atoms with Crippen molar-refractivity contribution in [3.8, 4) is 0 Å². The van der Waals surface area contributed by atoms with Gasteiger partial charge in [-0.3, -0.25) is 4.79 Å². The highest BCUT2D eigenvalue weighted by Crippen LogP contribution is 2.30. The summed E-state index contributed by atoms with van der Waals surface area (Å²) < 4.78 is 0. The zero-order valence-electron chi connectivity index (χ0n) is 12.4. The van der Waals surface area contributed by atoms with Gasteiger partial charge >= 0.3 is 0 Å². The molecule has 0 radical (unpaired) electrons. The van der Waals surface area contributed by atoms with Crippen LogP contribution in [0.4, 0.5) is 0 Å². The van der Waals surface area contributed by atoms with Crippen molar-refractivity contribution in [3.63, 3.8) is 0 Å². The first kappa shape index (κ1) is 16.3. The largest absolute Gasteiger partial charge is 0.354 e. The summed E-state index contributed by atoms with van der Waals surface area (Å²) in [5, 5.41) is 6.33. The lowest BCUT2D eigenvalue weighted by molar-refractivity contribution is -0.120. The molecule has 2 aliphatic carbocycles. The standard InChI is InChI=1S/C17H24N2O.ClH/c20-17(12-18-10-13-8-9-13)19-11-15-6-3-5-14-4-1-2-7-16(14)15;/h1-2,4,7,13,15,18H,3,5-6,8-12H2,(H,19,20);1H. The summed E-state index contributed by atoms with van der Waals surface area (Å²) >= 11 is 0. The van der Waals surface area contributed by atoms with E-state index in [1.807, 2.05) is 0 Å². The zero-order valence-corrected chi connectivity index (χ0v) is 13.3. The average Bonchev–Trinajstić information content (AvgIpc) is 3.29. The smallest absolute Gasteiger partial charge is 0.233 e. The molecule has 3 nitrogen and oxygen atoms in total. The van der Waals surface area contributed by atoms with Crippen molar-refractivity contribution >= 4 is 18.3 Å². The molecule has 3 rings (SSSR count). The minimum atomic E-state index is 0. The first-order valence-corrected chi connectivity index (χ1v) is 7.88. The average molecular weight is 309 g/mol. The van der Waals surface area contributed by atoms with E-state index in [-0.39, 0.29) is 18.3 Å². The Balaban J connectivity index is 0.00000161. The van der Waals surface area contributed by atoms with Crippen LogP contribution in [-0.2, 0) is 11.2 Å². The molecule has 0 spiro atoms. The lowest BCUT2D eigenvalue weighted by Gasteiger charge is -2.25. The van der Waals surface area contributed by atoms with Gasteiger partial charge in [-0.25, -0.2) is 0 Å². The van der Waals surface area contributed by atoms with E-state index >= 15 is 0 Å². The Hall–Kier alpha value is -1.06. The van der Waals surface area contributed by atoms with E-state index in [0.717, 1.165) is 19.0 Å². The summed E-state index contributed by atoms with van der Waals surface area (Å²) in [6.07, 6.45) is 6.26. The molecular weight excluding hydrogens is 284 g/mol. The van der Waals surface area contributed by atoms with Gasteiger partial charge in [-0.15, -0.1) is 12.4 Å². The molecule has 2 N–H and O–H groups in total. The van der Waals surface area contributed by atoms with E-state index in [1.165, 1.54) is 43.2 Å². The Morgan fingerprint density at radius 3 is 2.76 bits per heavy atom. The number of fused-ring (bicyclic) bond motifs is 1. The quantitative estimate of drug-likeness (QED) is 0.848. The summed E-state index contributed by atoms with van der Waals surface area (Å²) in [5.41, 5.74) is 2.90. The third kappa shape index (κ3) is 4.72. The summed E-state index contributed by atoms with van der Waals surface area (Å²) in [6, 6.07) is 8.66. The van der Waals surface area contributed by atoms with Gasteiger partial charge in [-0.05, 0) is 55.7 Å². The van der Waals surface area contributed by atoms with Crippen LogP contribution in [-0.4, -0.2) is 25.5 Å². The van der Waals surface area contributed by atoms with Gasteiger partial charge in [0.05, 0.1) is 6.54 Å². The van der Waals surface area contributed by atoms with Gasteiger partial charge < -0.3 is 10.6 Å². The molecule has 0 heterocycles. The van der Waals surface area contributed by atoms with Gasteiger partial charge in [-0.1, -0.05) is 24.3 Å². The van der Waals surface area contributed by atoms with E-state index in [4.69, 9.17) is 0 Å². The second-order valence-corrected chi connectivity index (χ2v) is 6.17.